The fourth-order valence-electron chi connectivity index (χ4n) is 3.94. The van der Waals surface area contributed by atoms with Crippen molar-refractivity contribution in [1.82, 2.24) is 4.90 Å². The van der Waals surface area contributed by atoms with Crippen molar-refractivity contribution < 1.29 is 37.5 Å². The van der Waals surface area contributed by atoms with Crippen molar-refractivity contribution in [2.24, 2.45) is 0 Å². The first-order valence-electron chi connectivity index (χ1n) is 12.6. The Morgan fingerprint density at radius 2 is 1.67 bits per heavy atom. The number of ether oxygens (including phenoxy) is 2. The van der Waals surface area contributed by atoms with Gasteiger partial charge in [-0.1, -0.05) is 12.1 Å². The van der Waals surface area contributed by atoms with Crippen LogP contribution in [-0.4, -0.2) is 67.2 Å². The Balaban J connectivity index is 2.18. The summed E-state index contributed by atoms with van der Waals surface area (Å²) in [5.74, 6) is 0. The molecule has 2 aromatic carbocycles. The molecule has 0 unspecified atom stereocenters. The van der Waals surface area contributed by atoms with E-state index in [0.29, 0.717) is 23.1 Å². The number of anilines is 1. The molecule has 12 heteroatoms. The lowest BCUT2D eigenvalue weighted by atomic mass is 9.77. The summed E-state index contributed by atoms with van der Waals surface area (Å²) < 4.78 is 36.7. The molecule has 0 bridgehead atoms. The molecule has 214 valence electrons. The lowest BCUT2D eigenvalue weighted by Crippen LogP contribution is -2.34. The quantitative estimate of drug-likeness (QED) is 0.395. The minimum atomic E-state index is -3.67. The van der Waals surface area contributed by atoms with Gasteiger partial charge in [0.2, 0.25) is 0 Å². The van der Waals surface area contributed by atoms with E-state index in [2.05, 4.69) is 5.32 Å². The van der Waals surface area contributed by atoms with Gasteiger partial charge in [-0.25, -0.2) is 18.0 Å². The maximum Gasteiger partial charge on any atom is 0.488 e. The van der Waals surface area contributed by atoms with E-state index in [1.165, 1.54) is 30.1 Å². The van der Waals surface area contributed by atoms with E-state index in [9.17, 15) is 28.1 Å². The average molecular weight is 562 g/mol. The van der Waals surface area contributed by atoms with Gasteiger partial charge in [-0.15, -0.1) is 0 Å². The molecule has 0 fully saturated rings. The largest absolute Gasteiger partial charge is 0.488 e. The van der Waals surface area contributed by atoms with Gasteiger partial charge in [-0.3, -0.25) is 5.32 Å². The summed E-state index contributed by atoms with van der Waals surface area (Å²) >= 11 is 0. The van der Waals surface area contributed by atoms with Crippen LogP contribution in [0.5, 0.6) is 0 Å². The zero-order chi connectivity index (χ0) is 29.7. The number of sulfone groups is 1. The number of amides is 2. The number of hydrogen-bond donors (Lipinski definition) is 3. The summed E-state index contributed by atoms with van der Waals surface area (Å²) in [4.78, 5) is 26.3. The molecule has 10 nitrogen and oxygen atoms in total. The molecule has 0 saturated carbocycles. The van der Waals surface area contributed by atoms with Gasteiger partial charge < -0.3 is 24.4 Å². The maximum absolute atomic E-state index is 13.0. The molecule has 0 aliphatic heterocycles. The van der Waals surface area contributed by atoms with Gasteiger partial charge in [0.25, 0.3) is 0 Å². The standard InChI is InChI=1S/C27H39BN2O8S/c1-17(2)39(35,36)24-10-9-22(15-20(24)16-30(8)26(32)38-27(5,6)7)29-25(31)37-12-11-23-18(3)13-21(28(33)34)14-19(23)4/h9-10,13-15,17,33-34H,11-12,16H2,1-8H3,(H,29,31). The predicted molar refractivity (Wildman–Crippen MR) is 151 cm³/mol. The summed E-state index contributed by atoms with van der Waals surface area (Å²) in [5.41, 5.74) is 2.94. The molecule has 0 atom stereocenters. The molecule has 2 aromatic rings. The number of benzene rings is 2. The van der Waals surface area contributed by atoms with E-state index in [4.69, 9.17) is 9.47 Å². The highest BCUT2D eigenvalue weighted by Gasteiger charge is 2.26. The second-order valence-electron chi connectivity index (χ2n) is 10.8. The minimum absolute atomic E-state index is 0.0577. The molecule has 0 spiro atoms. The molecule has 0 heterocycles. The van der Waals surface area contributed by atoms with Crippen LogP contribution in [0, 0.1) is 13.8 Å². The highest BCUT2D eigenvalue weighted by molar-refractivity contribution is 7.92. The van der Waals surface area contributed by atoms with Crippen LogP contribution in [0.25, 0.3) is 0 Å². The molecular formula is C27H39BN2O8S. The molecular weight excluding hydrogens is 523 g/mol. The first kappa shape index (κ1) is 32.1. The third kappa shape index (κ3) is 8.98. The van der Waals surface area contributed by atoms with Gasteiger partial charge in [-0.2, -0.15) is 0 Å². The van der Waals surface area contributed by atoms with E-state index in [1.807, 2.05) is 13.8 Å². The number of carbonyl (C=O) groups excluding carboxylic acids is 2. The van der Waals surface area contributed by atoms with Crippen molar-refractivity contribution in [3.63, 3.8) is 0 Å². The van der Waals surface area contributed by atoms with Gasteiger partial charge in [0.05, 0.1) is 23.3 Å². The highest BCUT2D eigenvalue weighted by atomic mass is 32.2. The summed E-state index contributed by atoms with van der Waals surface area (Å²) in [6.07, 6.45) is -0.913. The zero-order valence-electron chi connectivity index (χ0n) is 23.9. The normalized spacial score (nSPS) is 11.8. The predicted octanol–water partition coefficient (Wildman–Crippen LogP) is 3.32. The molecule has 2 rings (SSSR count). The van der Waals surface area contributed by atoms with E-state index < -0.39 is 40.0 Å². The van der Waals surface area contributed by atoms with Gasteiger partial charge in [0.15, 0.2) is 9.84 Å². The first-order valence-corrected chi connectivity index (χ1v) is 14.2. The lowest BCUT2D eigenvalue weighted by Gasteiger charge is -2.25. The van der Waals surface area contributed by atoms with Crippen molar-refractivity contribution in [2.45, 2.75) is 77.2 Å². The van der Waals surface area contributed by atoms with Crippen molar-refractivity contribution in [3.05, 3.63) is 52.6 Å². The Labute approximate surface area is 231 Å². The fraction of sp³-hybridized carbons (Fsp3) is 0.481. The second kappa shape index (κ2) is 12.8. The van der Waals surface area contributed by atoms with Gasteiger partial charge >= 0.3 is 19.3 Å². The summed E-state index contributed by atoms with van der Waals surface area (Å²) in [7, 11) is -3.73. The number of aryl methyl sites for hydroxylation is 2. The van der Waals surface area contributed by atoms with Crippen molar-refractivity contribution in [2.75, 3.05) is 19.0 Å². The van der Waals surface area contributed by atoms with Gasteiger partial charge in [0, 0.05) is 19.2 Å². The molecule has 39 heavy (non-hydrogen) atoms. The van der Waals surface area contributed by atoms with Gasteiger partial charge in [-0.05, 0) is 94.4 Å². The average Bonchev–Trinajstić information content (AvgIpc) is 2.79. The Morgan fingerprint density at radius 1 is 1.08 bits per heavy atom. The second-order valence-corrected chi connectivity index (χ2v) is 13.2. The van der Waals surface area contributed by atoms with Crippen molar-refractivity contribution in [3.8, 4) is 0 Å². The molecule has 3 N–H and O–H groups in total. The number of carbonyl (C=O) groups is 2. The van der Waals surface area contributed by atoms with E-state index in [-0.39, 0.29) is 18.0 Å². The fourth-order valence-corrected chi connectivity index (χ4v) is 5.20. The van der Waals surface area contributed by atoms with E-state index in [0.717, 1.165) is 16.7 Å². The van der Waals surface area contributed by atoms with Crippen LogP contribution < -0.4 is 10.8 Å². The van der Waals surface area contributed by atoms with Crippen LogP contribution in [0.15, 0.2) is 35.2 Å². The van der Waals surface area contributed by atoms with Crippen molar-refractivity contribution >= 4 is 40.3 Å². The topological polar surface area (TPSA) is 142 Å². The van der Waals surface area contributed by atoms with Crippen LogP contribution in [0.1, 0.15) is 56.9 Å². The van der Waals surface area contributed by atoms with Crippen LogP contribution in [-0.2, 0) is 32.3 Å². The molecule has 0 aliphatic rings. The molecule has 2 amide bonds. The Hall–Kier alpha value is -3.09. The molecule has 0 aromatic heterocycles. The Bertz CT molecular complexity index is 1280. The number of rotatable bonds is 9. The number of nitrogens with zero attached hydrogens (tertiary/aromatic N) is 1. The molecule has 0 aliphatic carbocycles. The SMILES string of the molecule is Cc1cc(B(O)O)cc(C)c1CCOC(=O)Nc1ccc(S(=O)(=O)C(C)C)c(CN(C)C(=O)OC(C)(C)C)c1. The molecule has 0 saturated heterocycles. The maximum atomic E-state index is 13.0. The Kier molecular flexibility index (Phi) is 10.6. The number of hydrogen-bond acceptors (Lipinski definition) is 8. The monoisotopic (exact) mass is 562 g/mol. The van der Waals surface area contributed by atoms with Crippen LogP contribution in [0.4, 0.5) is 15.3 Å². The summed E-state index contributed by atoms with van der Waals surface area (Å²) in [6, 6.07) is 7.74. The molecule has 0 radical (unpaired) electrons. The van der Waals surface area contributed by atoms with E-state index in [1.54, 1.807) is 46.8 Å². The first-order chi connectivity index (χ1) is 17.9. The smallest absolute Gasteiger partial charge is 0.449 e. The minimum Gasteiger partial charge on any atom is -0.449 e. The van der Waals surface area contributed by atoms with E-state index >= 15 is 0 Å². The highest BCUT2D eigenvalue weighted by Crippen LogP contribution is 2.26. The third-order valence-corrected chi connectivity index (χ3v) is 8.20. The third-order valence-electron chi connectivity index (χ3n) is 5.95. The zero-order valence-corrected chi connectivity index (χ0v) is 24.7. The van der Waals surface area contributed by atoms with Crippen LogP contribution >= 0.6 is 0 Å². The van der Waals surface area contributed by atoms with Crippen LogP contribution in [0.3, 0.4) is 0 Å². The number of nitrogens with one attached hydrogen (secondary N) is 1. The van der Waals surface area contributed by atoms with Crippen molar-refractivity contribution in [1.29, 1.82) is 0 Å². The van der Waals surface area contributed by atoms with Gasteiger partial charge in [0.1, 0.15) is 5.60 Å². The summed E-state index contributed by atoms with van der Waals surface area (Å²) in [6.45, 7) is 12.1. The lowest BCUT2D eigenvalue weighted by molar-refractivity contribution is 0.0283. The summed E-state index contributed by atoms with van der Waals surface area (Å²) in [5, 5.41) is 20.7. The Morgan fingerprint density at radius 3 is 2.18 bits per heavy atom. The van der Waals surface area contributed by atoms with Crippen LogP contribution in [0.2, 0.25) is 0 Å².